The first kappa shape index (κ1) is 18.3. The van der Waals surface area contributed by atoms with Gasteiger partial charge in [0.05, 0.1) is 10.6 Å². The Morgan fingerprint density at radius 1 is 1.21 bits per heavy atom. The lowest BCUT2D eigenvalue weighted by Crippen LogP contribution is -2.30. The van der Waals surface area contributed by atoms with Gasteiger partial charge in [-0.25, -0.2) is 10.5 Å². The Bertz CT molecular complexity index is 1230. The minimum atomic E-state index is -0.474. The van der Waals surface area contributed by atoms with Crippen LogP contribution in [0.1, 0.15) is 27.0 Å². The molecule has 0 spiro atoms. The van der Waals surface area contributed by atoms with Crippen LogP contribution in [0.4, 0.5) is 5.13 Å². The van der Waals surface area contributed by atoms with Crippen molar-refractivity contribution in [1.82, 2.24) is 10.5 Å². The smallest absolute Gasteiger partial charge is 0.274 e. The molecule has 0 bridgehead atoms. The summed E-state index contributed by atoms with van der Waals surface area (Å²) in [4.78, 5) is 20.1. The van der Waals surface area contributed by atoms with Crippen molar-refractivity contribution in [3.63, 3.8) is 0 Å². The van der Waals surface area contributed by atoms with E-state index in [1.807, 2.05) is 12.1 Å². The van der Waals surface area contributed by atoms with E-state index in [9.17, 15) is 4.79 Å². The SMILES string of the molecule is Cc1c(-c2csc(N3CCc4cc(C(=O)NO)ccc4C3)n2)sc2ccccc12. The van der Waals surface area contributed by atoms with Crippen LogP contribution in [0, 0.1) is 6.92 Å². The Kier molecular flexibility index (Phi) is 4.58. The number of hydrogen-bond acceptors (Lipinski definition) is 6. The Labute approximate surface area is 176 Å². The van der Waals surface area contributed by atoms with Gasteiger partial charge in [-0.15, -0.1) is 22.7 Å². The number of anilines is 1. The van der Waals surface area contributed by atoms with Gasteiger partial charge in [-0.2, -0.15) is 0 Å². The Morgan fingerprint density at radius 2 is 2.07 bits per heavy atom. The number of aryl methyl sites for hydroxylation is 1. The molecule has 2 N–H and O–H groups in total. The monoisotopic (exact) mass is 421 g/mol. The summed E-state index contributed by atoms with van der Waals surface area (Å²) < 4.78 is 1.30. The molecule has 2 aromatic heterocycles. The zero-order valence-electron chi connectivity index (χ0n) is 15.8. The highest BCUT2D eigenvalue weighted by molar-refractivity contribution is 7.23. The van der Waals surface area contributed by atoms with E-state index in [1.54, 1.807) is 34.2 Å². The summed E-state index contributed by atoms with van der Waals surface area (Å²) in [5, 5.41) is 13.3. The molecular formula is C22H19N3O2S2. The summed E-state index contributed by atoms with van der Waals surface area (Å²) in [5.74, 6) is -0.474. The number of amides is 1. The largest absolute Gasteiger partial charge is 0.343 e. The molecule has 4 aromatic rings. The fraction of sp³-hybridized carbons (Fsp3) is 0.182. The van der Waals surface area contributed by atoms with Crippen molar-refractivity contribution in [3.8, 4) is 10.6 Å². The maximum Gasteiger partial charge on any atom is 0.274 e. The van der Waals surface area contributed by atoms with Gasteiger partial charge in [0.25, 0.3) is 5.91 Å². The highest BCUT2D eigenvalue weighted by atomic mass is 32.1. The molecule has 1 amide bonds. The Hall–Kier alpha value is -2.74. The fourth-order valence-electron chi connectivity index (χ4n) is 3.85. The summed E-state index contributed by atoms with van der Waals surface area (Å²) in [7, 11) is 0. The van der Waals surface area contributed by atoms with Crippen LogP contribution >= 0.6 is 22.7 Å². The first-order valence-corrected chi connectivity index (χ1v) is 11.1. The van der Waals surface area contributed by atoms with Gasteiger partial charge in [0, 0.05) is 28.7 Å². The number of carbonyl (C=O) groups is 1. The summed E-state index contributed by atoms with van der Waals surface area (Å²) >= 11 is 3.48. The predicted molar refractivity (Wildman–Crippen MR) is 118 cm³/mol. The molecule has 1 aliphatic rings. The predicted octanol–water partition coefficient (Wildman–Crippen LogP) is 5.01. The number of hydroxylamine groups is 1. The maximum absolute atomic E-state index is 11.6. The lowest BCUT2D eigenvalue weighted by Gasteiger charge is -2.28. The van der Waals surface area contributed by atoms with Crippen LogP contribution in [0.15, 0.2) is 47.8 Å². The quantitative estimate of drug-likeness (QED) is 0.360. The molecule has 0 unspecified atom stereocenters. The van der Waals surface area contributed by atoms with Crippen LogP contribution in [0.3, 0.4) is 0 Å². The maximum atomic E-state index is 11.6. The normalized spacial score (nSPS) is 13.5. The topological polar surface area (TPSA) is 65.5 Å². The second kappa shape index (κ2) is 7.26. The van der Waals surface area contributed by atoms with E-state index in [0.717, 1.165) is 35.9 Å². The number of thiazole rings is 1. The molecule has 5 nitrogen and oxygen atoms in total. The van der Waals surface area contributed by atoms with E-state index in [0.29, 0.717) is 5.56 Å². The molecule has 0 atom stereocenters. The summed E-state index contributed by atoms with van der Waals surface area (Å²) in [6, 6.07) is 14.1. The number of thiophene rings is 1. The van der Waals surface area contributed by atoms with Gasteiger partial charge in [0.2, 0.25) is 0 Å². The van der Waals surface area contributed by atoms with E-state index >= 15 is 0 Å². The average molecular weight is 422 g/mol. The van der Waals surface area contributed by atoms with Gasteiger partial charge in [-0.3, -0.25) is 10.0 Å². The van der Waals surface area contributed by atoms with Crippen molar-refractivity contribution >= 4 is 43.8 Å². The fourth-order valence-corrected chi connectivity index (χ4v) is 5.94. The van der Waals surface area contributed by atoms with Crippen LogP contribution < -0.4 is 10.4 Å². The van der Waals surface area contributed by atoms with Crippen molar-refractivity contribution in [1.29, 1.82) is 0 Å². The van der Waals surface area contributed by atoms with Crippen LogP contribution in [-0.2, 0) is 13.0 Å². The minimum Gasteiger partial charge on any atom is -0.343 e. The molecule has 0 radical (unpaired) electrons. The van der Waals surface area contributed by atoms with Crippen molar-refractivity contribution < 1.29 is 10.0 Å². The number of rotatable bonds is 3. The zero-order valence-corrected chi connectivity index (χ0v) is 17.4. The van der Waals surface area contributed by atoms with Crippen LogP contribution in [0.25, 0.3) is 20.7 Å². The number of hydrogen-bond donors (Lipinski definition) is 2. The van der Waals surface area contributed by atoms with E-state index in [4.69, 9.17) is 10.2 Å². The third-order valence-electron chi connectivity index (χ3n) is 5.42. The summed E-state index contributed by atoms with van der Waals surface area (Å²) in [6.45, 7) is 3.80. The summed E-state index contributed by atoms with van der Waals surface area (Å²) in [5.41, 5.74) is 6.87. The third-order valence-corrected chi connectivity index (χ3v) is 7.62. The van der Waals surface area contributed by atoms with Gasteiger partial charge < -0.3 is 4.90 Å². The lowest BCUT2D eigenvalue weighted by atomic mass is 9.97. The number of nitrogens with one attached hydrogen (secondary N) is 1. The molecule has 146 valence electrons. The van der Waals surface area contributed by atoms with Gasteiger partial charge in [-0.05, 0) is 53.6 Å². The Morgan fingerprint density at radius 3 is 2.90 bits per heavy atom. The molecule has 1 aliphatic heterocycles. The number of benzene rings is 2. The molecule has 3 heterocycles. The Balaban J connectivity index is 1.41. The lowest BCUT2D eigenvalue weighted by molar-refractivity contribution is 0.0706. The highest BCUT2D eigenvalue weighted by Gasteiger charge is 2.21. The van der Waals surface area contributed by atoms with Crippen molar-refractivity contribution in [2.24, 2.45) is 0 Å². The van der Waals surface area contributed by atoms with Crippen LogP contribution in [-0.4, -0.2) is 22.6 Å². The van der Waals surface area contributed by atoms with Gasteiger partial charge in [0.1, 0.15) is 0 Å². The van der Waals surface area contributed by atoms with Crippen LogP contribution in [0.2, 0.25) is 0 Å². The molecule has 2 aromatic carbocycles. The van der Waals surface area contributed by atoms with Crippen molar-refractivity contribution in [2.75, 3.05) is 11.4 Å². The highest BCUT2D eigenvalue weighted by Crippen LogP contribution is 2.40. The number of fused-ring (bicyclic) bond motifs is 2. The van der Waals surface area contributed by atoms with Crippen molar-refractivity contribution in [2.45, 2.75) is 19.9 Å². The van der Waals surface area contributed by atoms with Crippen molar-refractivity contribution in [3.05, 3.63) is 70.1 Å². The van der Waals surface area contributed by atoms with Gasteiger partial charge in [0.15, 0.2) is 5.13 Å². The zero-order chi connectivity index (χ0) is 20.0. The third kappa shape index (κ3) is 3.21. The molecule has 0 saturated heterocycles. The average Bonchev–Trinajstić information content (AvgIpc) is 3.37. The second-order valence-electron chi connectivity index (χ2n) is 7.16. The van der Waals surface area contributed by atoms with E-state index in [2.05, 4.69) is 41.5 Å². The van der Waals surface area contributed by atoms with E-state index < -0.39 is 5.91 Å². The van der Waals surface area contributed by atoms with Crippen LogP contribution in [0.5, 0.6) is 0 Å². The molecular weight excluding hydrogens is 402 g/mol. The molecule has 0 fully saturated rings. The number of carbonyl (C=O) groups excluding carboxylic acids is 1. The van der Waals surface area contributed by atoms with E-state index in [-0.39, 0.29) is 0 Å². The number of aromatic nitrogens is 1. The standard InChI is InChI=1S/C22H19N3O2S2/c1-13-17-4-2-3-5-19(17)29-20(13)18-12-28-22(23-18)25-9-8-14-10-15(21(26)24-27)6-7-16(14)11-25/h2-7,10,12,27H,8-9,11H2,1H3,(H,24,26). The first-order chi connectivity index (χ1) is 14.1. The molecule has 0 aliphatic carbocycles. The minimum absolute atomic E-state index is 0.474. The molecule has 5 rings (SSSR count). The first-order valence-electron chi connectivity index (χ1n) is 9.39. The molecule has 0 saturated carbocycles. The van der Waals surface area contributed by atoms with Gasteiger partial charge >= 0.3 is 0 Å². The van der Waals surface area contributed by atoms with Gasteiger partial charge in [-0.1, -0.05) is 24.3 Å². The number of nitrogens with zero attached hydrogens (tertiary/aromatic N) is 2. The second-order valence-corrected chi connectivity index (χ2v) is 9.05. The molecule has 29 heavy (non-hydrogen) atoms. The molecule has 7 heteroatoms. The summed E-state index contributed by atoms with van der Waals surface area (Å²) in [6.07, 6.45) is 0.846. The van der Waals surface area contributed by atoms with E-state index in [1.165, 1.54) is 26.1 Å².